The van der Waals surface area contributed by atoms with Gasteiger partial charge >= 0.3 is 5.97 Å². The third-order valence-corrected chi connectivity index (χ3v) is 5.00. The second-order valence-corrected chi connectivity index (χ2v) is 6.70. The van der Waals surface area contributed by atoms with Gasteiger partial charge in [-0.3, -0.25) is 0 Å². The number of thiophene rings is 1. The van der Waals surface area contributed by atoms with E-state index in [0.29, 0.717) is 6.42 Å². The fraction of sp³-hybridized carbons (Fsp3) is 0.500. The number of hydrogen-bond acceptors (Lipinski definition) is 5. The zero-order valence-electron chi connectivity index (χ0n) is 11.6. The van der Waals surface area contributed by atoms with E-state index in [4.69, 9.17) is 0 Å². The maximum Gasteiger partial charge on any atom is 0.329 e. The summed E-state index contributed by atoms with van der Waals surface area (Å²) in [4.78, 5) is 24.4. The van der Waals surface area contributed by atoms with Crippen LogP contribution < -0.4 is 4.90 Å². The second kappa shape index (κ2) is 4.70. The molecule has 0 spiro atoms. The Balaban J connectivity index is 2.15. The van der Waals surface area contributed by atoms with Crippen molar-refractivity contribution < 1.29 is 9.90 Å². The third-order valence-electron chi connectivity index (χ3n) is 4.04. The molecule has 1 fully saturated rings. The fourth-order valence-electron chi connectivity index (χ4n) is 2.86. The maximum absolute atomic E-state index is 11.7. The highest BCUT2D eigenvalue weighted by Gasteiger charge is 2.42. The summed E-state index contributed by atoms with van der Waals surface area (Å²) in [7, 11) is 0. The van der Waals surface area contributed by atoms with Crippen molar-refractivity contribution in [1.82, 2.24) is 9.97 Å². The molecule has 0 radical (unpaired) electrons. The number of aliphatic carboxylic acids is 1. The number of hydrogen-bond donors (Lipinski definition) is 1. The van der Waals surface area contributed by atoms with Crippen molar-refractivity contribution in [3.05, 3.63) is 17.3 Å². The molecule has 1 N–H and O–H groups in total. The molecule has 2 aromatic rings. The number of piperidine rings is 1. The van der Waals surface area contributed by atoms with Crippen LogP contribution in [0.1, 0.15) is 31.1 Å². The Bertz CT molecular complexity index is 669. The average molecular weight is 291 g/mol. The first kappa shape index (κ1) is 13.3. The van der Waals surface area contributed by atoms with Gasteiger partial charge in [0.15, 0.2) is 0 Å². The number of fused-ring (bicyclic) bond motifs is 1. The quantitative estimate of drug-likeness (QED) is 0.921. The molecule has 3 rings (SSSR count). The van der Waals surface area contributed by atoms with Crippen LogP contribution in [0.15, 0.2) is 12.4 Å². The molecule has 1 atom stereocenters. The number of carboxylic acids is 1. The highest BCUT2D eigenvalue weighted by molar-refractivity contribution is 7.18. The molecule has 20 heavy (non-hydrogen) atoms. The summed E-state index contributed by atoms with van der Waals surface area (Å²) in [6, 6.07) is 2.05. The van der Waals surface area contributed by atoms with Crippen LogP contribution in [-0.2, 0) is 4.79 Å². The van der Waals surface area contributed by atoms with Crippen LogP contribution in [0.25, 0.3) is 10.2 Å². The second-order valence-electron chi connectivity index (χ2n) is 5.46. The molecule has 3 heterocycles. The van der Waals surface area contributed by atoms with E-state index < -0.39 is 11.5 Å². The van der Waals surface area contributed by atoms with Gasteiger partial charge in [0.25, 0.3) is 0 Å². The molecule has 0 amide bonds. The first-order valence-electron chi connectivity index (χ1n) is 6.74. The van der Waals surface area contributed by atoms with E-state index >= 15 is 0 Å². The Morgan fingerprint density at radius 1 is 1.45 bits per heavy atom. The Hall–Kier alpha value is -1.69. The summed E-state index contributed by atoms with van der Waals surface area (Å²) in [6.07, 6.45) is 4.12. The number of nitrogens with zero attached hydrogens (tertiary/aromatic N) is 3. The van der Waals surface area contributed by atoms with Crippen molar-refractivity contribution in [3.8, 4) is 0 Å². The maximum atomic E-state index is 11.7. The molecule has 1 aliphatic rings. The minimum Gasteiger partial charge on any atom is -0.480 e. The van der Waals surface area contributed by atoms with Crippen LogP contribution in [0.3, 0.4) is 0 Å². The first-order chi connectivity index (χ1) is 9.52. The van der Waals surface area contributed by atoms with E-state index in [1.165, 1.54) is 6.33 Å². The van der Waals surface area contributed by atoms with Gasteiger partial charge in [-0.25, -0.2) is 14.8 Å². The molecule has 5 nitrogen and oxygen atoms in total. The Kier molecular flexibility index (Phi) is 3.12. The number of aromatic nitrogens is 2. The number of carbonyl (C=O) groups is 1. The molecule has 0 aromatic carbocycles. The molecule has 1 aliphatic heterocycles. The molecular formula is C14H17N3O2S. The lowest BCUT2D eigenvalue weighted by Crippen LogP contribution is -2.55. The van der Waals surface area contributed by atoms with E-state index in [0.717, 1.165) is 40.3 Å². The highest BCUT2D eigenvalue weighted by atomic mass is 32.1. The van der Waals surface area contributed by atoms with E-state index in [1.54, 1.807) is 18.3 Å². The zero-order valence-corrected chi connectivity index (χ0v) is 12.4. The van der Waals surface area contributed by atoms with Gasteiger partial charge in [-0.15, -0.1) is 11.3 Å². The Labute approximate surface area is 121 Å². The van der Waals surface area contributed by atoms with Crippen LogP contribution in [0, 0.1) is 6.92 Å². The standard InChI is InChI=1S/C14H17N3O2S/c1-9-7-10-11(15-8-16-12(10)20-9)17-6-4-3-5-14(17,2)13(18)19/h7-8H,3-6H2,1-2H3,(H,18,19). The number of carboxylic acid groups (broad SMARTS) is 1. The molecule has 0 aliphatic carbocycles. The smallest absolute Gasteiger partial charge is 0.329 e. The predicted octanol–water partition coefficient (Wildman–Crippen LogP) is 2.83. The SMILES string of the molecule is Cc1cc2c(N3CCCCC3(C)C(=O)O)ncnc2s1. The van der Waals surface area contributed by atoms with Gasteiger partial charge in [-0.05, 0) is 39.2 Å². The van der Waals surface area contributed by atoms with Gasteiger partial charge in [0, 0.05) is 11.4 Å². The van der Waals surface area contributed by atoms with Gasteiger partial charge in [0.2, 0.25) is 0 Å². The summed E-state index contributed by atoms with van der Waals surface area (Å²) >= 11 is 1.61. The van der Waals surface area contributed by atoms with Crippen LogP contribution in [-0.4, -0.2) is 33.1 Å². The molecule has 0 bridgehead atoms. The van der Waals surface area contributed by atoms with Crippen LogP contribution in [0.2, 0.25) is 0 Å². The fourth-order valence-corrected chi connectivity index (χ4v) is 3.70. The summed E-state index contributed by atoms with van der Waals surface area (Å²) < 4.78 is 0. The predicted molar refractivity (Wildman–Crippen MR) is 79.4 cm³/mol. The van der Waals surface area contributed by atoms with Crippen molar-refractivity contribution in [1.29, 1.82) is 0 Å². The van der Waals surface area contributed by atoms with Crippen LogP contribution in [0.5, 0.6) is 0 Å². The van der Waals surface area contributed by atoms with Gasteiger partial charge < -0.3 is 10.0 Å². The number of aryl methyl sites for hydroxylation is 1. The Morgan fingerprint density at radius 3 is 3.00 bits per heavy atom. The monoisotopic (exact) mass is 291 g/mol. The molecule has 1 unspecified atom stereocenters. The van der Waals surface area contributed by atoms with Crippen LogP contribution in [0.4, 0.5) is 5.82 Å². The topological polar surface area (TPSA) is 66.3 Å². The Morgan fingerprint density at radius 2 is 2.25 bits per heavy atom. The largest absolute Gasteiger partial charge is 0.480 e. The average Bonchev–Trinajstić information content (AvgIpc) is 2.79. The lowest BCUT2D eigenvalue weighted by atomic mass is 9.88. The lowest BCUT2D eigenvalue weighted by molar-refractivity contribution is -0.143. The third kappa shape index (κ3) is 1.95. The van der Waals surface area contributed by atoms with Crippen LogP contribution >= 0.6 is 11.3 Å². The van der Waals surface area contributed by atoms with Gasteiger partial charge in [0.05, 0.1) is 5.39 Å². The van der Waals surface area contributed by atoms with E-state index in [-0.39, 0.29) is 0 Å². The molecule has 6 heteroatoms. The van der Waals surface area contributed by atoms with Gasteiger partial charge in [-0.2, -0.15) is 0 Å². The summed E-state index contributed by atoms with van der Waals surface area (Å²) in [6.45, 7) is 4.55. The molecule has 1 saturated heterocycles. The van der Waals surface area contributed by atoms with Crippen molar-refractivity contribution >= 4 is 33.3 Å². The van der Waals surface area contributed by atoms with Gasteiger partial charge in [-0.1, -0.05) is 0 Å². The van der Waals surface area contributed by atoms with Crippen molar-refractivity contribution in [2.45, 2.75) is 38.6 Å². The van der Waals surface area contributed by atoms with Crippen molar-refractivity contribution in [2.24, 2.45) is 0 Å². The van der Waals surface area contributed by atoms with E-state index in [1.807, 2.05) is 17.9 Å². The minimum absolute atomic E-state index is 0.650. The van der Waals surface area contributed by atoms with E-state index in [2.05, 4.69) is 9.97 Å². The molecule has 2 aromatic heterocycles. The van der Waals surface area contributed by atoms with Crippen molar-refractivity contribution in [3.63, 3.8) is 0 Å². The molecule has 0 saturated carbocycles. The van der Waals surface area contributed by atoms with Crippen molar-refractivity contribution in [2.75, 3.05) is 11.4 Å². The summed E-state index contributed by atoms with van der Waals surface area (Å²) in [5.74, 6) is -0.0279. The minimum atomic E-state index is -0.880. The summed E-state index contributed by atoms with van der Waals surface area (Å²) in [5, 5.41) is 10.6. The normalized spacial score (nSPS) is 23.2. The zero-order chi connectivity index (χ0) is 14.3. The molecule has 106 valence electrons. The first-order valence-corrected chi connectivity index (χ1v) is 7.56. The van der Waals surface area contributed by atoms with Gasteiger partial charge in [0.1, 0.15) is 22.5 Å². The number of anilines is 1. The lowest BCUT2D eigenvalue weighted by Gasteiger charge is -2.42. The summed E-state index contributed by atoms with van der Waals surface area (Å²) in [5.41, 5.74) is -0.880. The molecular weight excluding hydrogens is 274 g/mol. The van der Waals surface area contributed by atoms with E-state index in [9.17, 15) is 9.90 Å². The number of rotatable bonds is 2. The highest BCUT2D eigenvalue weighted by Crippen LogP contribution is 2.37.